The van der Waals surface area contributed by atoms with Gasteiger partial charge in [0.1, 0.15) is 5.69 Å². The Morgan fingerprint density at radius 1 is 1.00 bits per heavy atom. The summed E-state index contributed by atoms with van der Waals surface area (Å²) in [6, 6.07) is 23.1. The number of aromatic nitrogens is 1. The smallest absolute Gasteiger partial charge is 0.164 e. The van der Waals surface area contributed by atoms with E-state index in [1.807, 2.05) is 77.7 Å². The highest BCUT2D eigenvalue weighted by Gasteiger charge is 2.25. The van der Waals surface area contributed by atoms with Gasteiger partial charge in [-0.3, -0.25) is 9.88 Å². The maximum Gasteiger partial charge on any atom is 0.164 e. The van der Waals surface area contributed by atoms with Crippen LogP contribution in [0.3, 0.4) is 0 Å². The van der Waals surface area contributed by atoms with Crippen LogP contribution >= 0.6 is 27.5 Å². The Balaban J connectivity index is 1.91. The third-order valence-corrected chi connectivity index (χ3v) is 5.09. The average molecular weight is 462 g/mol. The summed E-state index contributed by atoms with van der Waals surface area (Å²) in [6.45, 7) is 0. The summed E-state index contributed by atoms with van der Waals surface area (Å²) in [6.07, 6.45) is 5.13. The molecule has 3 aromatic rings. The van der Waals surface area contributed by atoms with Gasteiger partial charge in [0.05, 0.1) is 17.5 Å². The fourth-order valence-electron chi connectivity index (χ4n) is 2.99. The number of amidine groups is 1. The van der Waals surface area contributed by atoms with Crippen molar-refractivity contribution in [2.75, 3.05) is 4.90 Å². The fraction of sp³-hybridized carbons (Fsp3) is 0. The van der Waals surface area contributed by atoms with Crippen LogP contribution < -0.4 is 4.90 Å². The van der Waals surface area contributed by atoms with Crippen molar-refractivity contribution >= 4 is 44.8 Å². The number of rotatable bonds is 3. The molecule has 0 aliphatic carbocycles. The lowest BCUT2D eigenvalue weighted by Gasteiger charge is -2.30. The van der Waals surface area contributed by atoms with E-state index in [1.54, 1.807) is 6.20 Å². The van der Waals surface area contributed by atoms with Crippen molar-refractivity contribution in [3.8, 4) is 6.07 Å². The van der Waals surface area contributed by atoms with Crippen LogP contribution in [-0.4, -0.2) is 10.8 Å². The monoisotopic (exact) mass is 460 g/mol. The second-order valence-electron chi connectivity index (χ2n) is 6.20. The van der Waals surface area contributed by atoms with Gasteiger partial charge in [-0.05, 0) is 54.6 Å². The highest BCUT2D eigenvalue weighted by Crippen LogP contribution is 2.32. The van der Waals surface area contributed by atoms with E-state index >= 15 is 0 Å². The second-order valence-corrected chi connectivity index (χ2v) is 7.55. The number of halogens is 2. The van der Waals surface area contributed by atoms with E-state index in [0.717, 1.165) is 21.4 Å². The van der Waals surface area contributed by atoms with Crippen molar-refractivity contribution in [3.63, 3.8) is 0 Å². The van der Waals surface area contributed by atoms with Crippen LogP contribution in [0.2, 0.25) is 5.02 Å². The van der Waals surface area contributed by atoms with Crippen LogP contribution in [0.5, 0.6) is 0 Å². The first-order valence-electron chi connectivity index (χ1n) is 8.79. The largest absolute Gasteiger partial charge is 0.292 e. The minimum Gasteiger partial charge on any atom is -0.292 e. The van der Waals surface area contributed by atoms with Crippen molar-refractivity contribution in [2.24, 2.45) is 4.99 Å². The van der Waals surface area contributed by atoms with Crippen molar-refractivity contribution in [1.82, 2.24) is 4.98 Å². The maximum absolute atomic E-state index is 9.41. The van der Waals surface area contributed by atoms with Gasteiger partial charge in [-0.25, -0.2) is 4.99 Å². The van der Waals surface area contributed by atoms with E-state index in [4.69, 9.17) is 16.6 Å². The minimum atomic E-state index is 0.634. The summed E-state index contributed by atoms with van der Waals surface area (Å²) in [5.74, 6) is 0.634. The molecular weight excluding hydrogens is 448 g/mol. The molecule has 2 aromatic carbocycles. The predicted molar refractivity (Wildman–Crippen MR) is 121 cm³/mol. The zero-order valence-electron chi connectivity index (χ0n) is 15.1. The minimum absolute atomic E-state index is 0.634. The normalized spacial score (nSPS) is 14.9. The van der Waals surface area contributed by atoms with Crippen LogP contribution in [0, 0.1) is 11.3 Å². The molecule has 1 aromatic heterocycles. The maximum atomic E-state index is 9.41. The van der Waals surface area contributed by atoms with Gasteiger partial charge in [-0.1, -0.05) is 45.7 Å². The zero-order valence-corrected chi connectivity index (χ0v) is 17.5. The second kappa shape index (κ2) is 8.44. The van der Waals surface area contributed by atoms with E-state index in [-0.39, 0.29) is 0 Å². The molecule has 29 heavy (non-hydrogen) atoms. The number of anilines is 1. The Kier molecular flexibility index (Phi) is 5.57. The molecule has 1 aliphatic heterocycles. The van der Waals surface area contributed by atoms with Gasteiger partial charge in [0.15, 0.2) is 5.84 Å². The van der Waals surface area contributed by atoms with E-state index in [0.29, 0.717) is 22.2 Å². The molecule has 6 heteroatoms. The Morgan fingerprint density at radius 3 is 2.41 bits per heavy atom. The molecule has 0 atom stereocenters. The molecule has 4 rings (SSSR count). The molecule has 0 saturated heterocycles. The molecule has 0 spiro atoms. The number of aliphatic imine (C=N–C) groups is 1. The van der Waals surface area contributed by atoms with Gasteiger partial charge < -0.3 is 0 Å². The molecule has 1 aliphatic rings. The van der Waals surface area contributed by atoms with Gasteiger partial charge in [0.2, 0.25) is 0 Å². The Morgan fingerprint density at radius 2 is 1.76 bits per heavy atom. The van der Waals surface area contributed by atoms with Gasteiger partial charge >= 0.3 is 0 Å². The standard InChI is InChI=1S/C23H14BrClN4/c24-17-6-4-16(5-7-17)22-15-20(12-13-26)29(19-10-8-18(25)9-11-19)23(28-22)21-3-1-2-14-27-21/h1-12,14-15H/b20-12+. The predicted octanol–water partition coefficient (Wildman–Crippen LogP) is 6.21. The lowest BCUT2D eigenvalue weighted by atomic mass is 10.1. The summed E-state index contributed by atoms with van der Waals surface area (Å²) >= 11 is 9.54. The lowest BCUT2D eigenvalue weighted by molar-refractivity contribution is 1.17. The van der Waals surface area contributed by atoms with Crippen LogP contribution in [0.1, 0.15) is 11.3 Å². The van der Waals surface area contributed by atoms with Crippen LogP contribution in [-0.2, 0) is 0 Å². The molecule has 0 amide bonds. The van der Waals surface area contributed by atoms with Gasteiger partial charge in [-0.15, -0.1) is 0 Å². The molecule has 0 saturated carbocycles. The summed E-state index contributed by atoms with van der Waals surface area (Å²) in [5, 5.41) is 10.1. The van der Waals surface area contributed by atoms with Crippen molar-refractivity contribution in [1.29, 1.82) is 5.26 Å². The number of nitriles is 1. The SMILES string of the molecule is N#C/C=C1\C=C(c2ccc(Br)cc2)N=C(c2ccccn2)N1c1ccc(Cl)cc1. The topological polar surface area (TPSA) is 52.3 Å². The summed E-state index contributed by atoms with van der Waals surface area (Å²) in [7, 11) is 0. The quantitative estimate of drug-likeness (QED) is 0.436. The molecule has 0 bridgehead atoms. The fourth-order valence-corrected chi connectivity index (χ4v) is 3.38. The summed E-state index contributed by atoms with van der Waals surface area (Å²) in [5.41, 5.74) is 3.94. The first-order valence-corrected chi connectivity index (χ1v) is 9.96. The van der Waals surface area contributed by atoms with Crippen molar-refractivity contribution < 1.29 is 0 Å². The summed E-state index contributed by atoms with van der Waals surface area (Å²) < 4.78 is 0.988. The molecule has 2 heterocycles. The van der Waals surface area contributed by atoms with Gasteiger partial charge in [0.25, 0.3) is 0 Å². The molecule has 4 nitrogen and oxygen atoms in total. The summed E-state index contributed by atoms with van der Waals surface area (Å²) in [4.78, 5) is 11.3. The third-order valence-electron chi connectivity index (χ3n) is 4.31. The highest BCUT2D eigenvalue weighted by atomic mass is 79.9. The molecule has 0 fully saturated rings. The van der Waals surface area contributed by atoms with Crippen molar-refractivity contribution in [2.45, 2.75) is 0 Å². The molecular formula is C23H14BrClN4. The average Bonchev–Trinajstić information content (AvgIpc) is 2.75. The Bertz CT molecular complexity index is 1160. The van der Waals surface area contributed by atoms with Crippen LogP contribution in [0.4, 0.5) is 5.69 Å². The molecule has 0 radical (unpaired) electrons. The number of hydrogen-bond acceptors (Lipinski definition) is 4. The lowest BCUT2D eigenvalue weighted by Crippen LogP contribution is -2.33. The van der Waals surface area contributed by atoms with Gasteiger partial charge in [-0.2, -0.15) is 5.26 Å². The Labute approximate surface area is 182 Å². The highest BCUT2D eigenvalue weighted by molar-refractivity contribution is 9.10. The Hall–Kier alpha value is -3.20. The third kappa shape index (κ3) is 4.14. The first-order chi connectivity index (χ1) is 14.2. The molecule has 140 valence electrons. The zero-order chi connectivity index (χ0) is 20.2. The number of pyridine rings is 1. The molecule has 0 N–H and O–H groups in total. The van der Waals surface area contributed by atoms with Crippen LogP contribution in [0.25, 0.3) is 5.70 Å². The van der Waals surface area contributed by atoms with E-state index in [9.17, 15) is 5.26 Å². The van der Waals surface area contributed by atoms with Gasteiger partial charge in [0, 0.05) is 33.0 Å². The van der Waals surface area contributed by atoms with Crippen LogP contribution in [0.15, 0.2) is 100 Å². The number of allylic oxidation sites excluding steroid dienone is 2. The number of benzene rings is 2. The van der Waals surface area contributed by atoms with E-state index < -0.39 is 0 Å². The van der Waals surface area contributed by atoms with E-state index in [1.165, 1.54) is 6.08 Å². The number of nitrogens with zero attached hydrogens (tertiary/aromatic N) is 4. The molecule has 0 unspecified atom stereocenters. The van der Waals surface area contributed by atoms with Crippen molar-refractivity contribution in [3.05, 3.63) is 112 Å². The number of hydrogen-bond donors (Lipinski definition) is 0. The first kappa shape index (κ1) is 19.1. The van der Waals surface area contributed by atoms with E-state index in [2.05, 4.69) is 27.0 Å².